The van der Waals surface area contributed by atoms with Gasteiger partial charge >= 0.3 is 5.97 Å². The van der Waals surface area contributed by atoms with E-state index < -0.39 is 5.97 Å². The van der Waals surface area contributed by atoms with Gasteiger partial charge in [0.1, 0.15) is 0 Å². The van der Waals surface area contributed by atoms with E-state index in [1.807, 2.05) is 26.0 Å². The number of rotatable bonds is 5. The minimum absolute atomic E-state index is 0.0197. The van der Waals surface area contributed by atoms with E-state index in [9.17, 15) is 9.59 Å². The van der Waals surface area contributed by atoms with Crippen LogP contribution in [0.4, 0.5) is 5.69 Å². The summed E-state index contributed by atoms with van der Waals surface area (Å²) in [7, 11) is 0. The van der Waals surface area contributed by atoms with Crippen LogP contribution in [0, 0.1) is 13.8 Å². The maximum Gasteiger partial charge on any atom is 0.303 e. The Kier molecular flexibility index (Phi) is 5.34. The number of hydrogen-bond acceptors (Lipinski definition) is 2. The first-order valence-corrected chi connectivity index (χ1v) is 6.48. The molecule has 5 heteroatoms. The Morgan fingerprint density at radius 3 is 2.28 bits per heavy atom. The van der Waals surface area contributed by atoms with E-state index in [-0.39, 0.29) is 18.7 Å². The van der Waals surface area contributed by atoms with Crippen LogP contribution < -0.4 is 5.32 Å². The fourth-order valence-corrected chi connectivity index (χ4v) is 1.87. The number of nitrogens with one attached hydrogen (secondary N) is 1. The minimum atomic E-state index is -0.877. The second kappa shape index (κ2) is 6.54. The van der Waals surface area contributed by atoms with Crippen LogP contribution >= 0.6 is 15.9 Å². The molecule has 0 aliphatic rings. The maximum absolute atomic E-state index is 11.6. The first-order chi connectivity index (χ1) is 8.40. The molecule has 0 aromatic heterocycles. The molecule has 0 fully saturated rings. The molecule has 1 amide bonds. The molecule has 4 nitrogen and oxygen atoms in total. The number of benzene rings is 1. The number of amides is 1. The molecule has 0 heterocycles. The summed E-state index contributed by atoms with van der Waals surface area (Å²) in [4.78, 5) is 21.9. The lowest BCUT2D eigenvalue weighted by Gasteiger charge is -2.09. The van der Waals surface area contributed by atoms with E-state index in [4.69, 9.17) is 5.11 Å². The smallest absolute Gasteiger partial charge is 0.303 e. The van der Waals surface area contributed by atoms with Gasteiger partial charge in [0.05, 0.1) is 0 Å². The van der Waals surface area contributed by atoms with Crippen molar-refractivity contribution in [2.75, 3.05) is 5.32 Å². The molecule has 0 aliphatic heterocycles. The third kappa shape index (κ3) is 4.49. The van der Waals surface area contributed by atoms with Gasteiger partial charge in [-0.25, -0.2) is 0 Å². The summed E-state index contributed by atoms with van der Waals surface area (Å²) in [5.74, 6) is -1.03. The Morgan fingerprint density at radius 1 is 1.22 bits per heavy atom. The van der Waals surface area contributed by atoms with Gasteiger partial charge in [0.25, 0.3) is 0 Å². The lowest BCUT2D eigenvalue weighted by atomic mass is 10.1. The van der Waals surface area contributed by atoms with E-state index in [1.54, 1.807) is 0 Å². The SMILES string of the molecule is Cc1cc(NC(=O)CCCC(=O)O)cc(C)c1Br. The zero-order valence-corrected chi connectivity index (χ0v) is 12.0. The predicted molar refractivity (Wildman–Crippen MR) is 73.7 cm³/mol. The Morgan fingerprint density at radius 2 is 1.78 bits per heavy atom. The van der Waals surface area contributed by atoms with Gasteiger partial charge in [-0.1, -0.05) is 15.9 Å². The van der Waals surface area contributed by atoms with Gasteiger partial charge < -0.3 is 10.4 Å². The summed E-state index contributed by atoms with van der Waals surface area (Å²) < 4.78 is 1.03. The van der Waals surface area contributed by atoms with Crippen molar-refractivity contribution in [3.8, 4) is 0 Å². The summed E-state index contributed by atoms with van der Waals surface area (Å²) in [5, 5.41) is 11.3. The monoisotopic (exact) mass is 313 g/mol. The molecule has 1 aromatic carbocycles. The summed E-state index contributed by atoms with van der Waals surface area (Å²) in [6.45, 7) is 3.91. The van der Waals surface area contributed by atoms with E-state index in [0.717, 1.165) is 21.3 Å². The van der Waals surface area contributed by atoms with Crippen LogP contribution in [-0.4, -0.2) is 17.0 Å². The summed E-state index contributed by atoms with van der Waals surface area (Å²) in [6, 6.07) is 3.76. The molecule has 0 atom stereocenters. The molecule has 1 rings (SSSR count). The third-order valence-corrected chi connectivity index (χ3v) is 3.77. The second-order valence-corrected chi connectivity index (χ2v) is 5.01. The highest BCUT2D eigenvalue weighted by molar-refractivity contribution is 9.10. The first kappa shape index (κ1) is 14.7. The predicted octanol–water partition coefficient (Wildman–Crippen LogP) is 3.26. The molecule has 1 aromatic rings. The Hall–Kier alpha value is -1.36. The molecule has 2 N–H and O–H groups in total. The normalized spacial score (nSPS) is 10.2. The van der Waals surface area contributed by atoms with Gasteiger partial charge in [-0.3, -0.25) is 9.59 Å². The van der Waals surface area contributed by atoms with Crippen LogP contribution in [0.3, 0.4) is 0 Å². The number of carboxylic acid groups (broad SMARTS) is 1. The number of carbonyl (C=O) groups excluding carboxylic acids is 1. The molecular weight excluding hydrogens is 298 g/mol. The molecule has 0 bridgehead atoms. The van der Waals surface area contributed by atoms with E-state index >= 15 is 0 Å². The van der Waals surface area contributed by atoms with Crippen molar-refractivity contribution < 1.29 is 14.7 Å². The number of anilines is 1. The average Bonchev–Trinajstić information content (AvgIpc) is 2.25. The minimum Gasteiger partial charge on any atom is -0.481 e. The van der Waals surface area contributed by atoms with Crippen molar-refractivity contribution >= 4 is 33.5 Å². The number of carboxylic acids is 1. The van der Waals surface area contributed by atoms with E-state index in [1.165, 1.54) is 0 Å². The van der Waals surface area contributed by atoms with Gasteiger partial charge in [-0.05, 0) is 43.5 Å². The fourth-order valence-electron chi connectivity index (χ4n) is 1.64. The first-order valence-electron chi connectivity index (χ1n) is 5.68. The van der Waals surface area contributed by atoms with Crippen molar-refractivity contribution in [3.05, 3.63) is 27.7 Å². The molecule has 0 aliphatic carbocycles. The lowest BCUT2D eigenvalue weighted by molar-refractivity contribution is -0.137. The molecule has 18 heavy (non-hydrogen) atoms. The van der Waals surface area contributed by atoms with Crippen LogP contribution in [0.15, 0.2) is 16.6 Å². The van der Waals surface area contributed by atoms with Crippen LogP contribution in [0.5, 0.6) is 0 Å². The van der Waals surface area contributed by atoms with E-state index in [0.29, 0.717) is 6.42 Å². The third-order valence-electron chi connectivity index (χ3n) is 2.51. The van der Waals surface area contributed by atoms with Crippen LogP contribution in [0.25, 0.3) is 0 Å². The van der Waals surface area contributed by atoms with Gasteiger partial charge in [0.2, 0.25) is 5.91 Å². The van der Waals surface area contributed by atoms with E-state index in [2.05, 4.69) is 21.2 Å². The average molecular weight is 314 g/mol. The highest BCUT2D eigenvalue weighted by Crippen LogP contribution is 2.25. The number of hydrogen-bond donors (Lipinski definition) is 2. The highest BCUT2D eigenvalue weighted by atomic mass is 79.9. The van der Waals surface area contributed by atoms with Crippen molar-refractivity contribution in [3.63, 3.8) is 0 Å². The second-order valence-electron chi connectivity index (χ2n) is 4.22. The molecule has 0 saturated carbocycles. The van der Waals surface area contributed by atoms with Gasteiger partial charge in [0, 0.05) is 23.0 Å². The zero-order valence-electron chi connectivity index (χ0n) is 10.4. The molecule has 0 saturated heterocycles. The fraction of sp³-hybridized carbons (Fsp3) is 0.385. The number of aliphatic carboxylic acids is 1. The quantitative estimate of drug-likeness (QED) is 0.876. The number of halogens is 1. The van der Waals surface area contributed by atoms with Gasteiger partial charge in [0.15, 0.2) is 0 Å². The van der Waals surface area contributed by atoms with Crippen molar-refractivity contribution in [2.24, 2.45) is 0 Å². The van der Waals surface area contributed by atoms with Crippen LogP contribution in [0.2, 0.25) is 0 Å². The molecular formula is C13H16BrNO3. The van der Waals surface area contributed by atoms with Crippen molar-refractivity contribution in [1.82, 2.24) is 0 Å². The largest absolute Gasteiger partial charge is 0.481 e. The van der Waals surface area contributed by atoms with Gasteiger partial charge in [-0.2, -0.15) is 0 Å². The molecule has 0 unspecified atom stereocenters. The van der Waals surface area contributed by atoms with Crippen LogP contribution in [-0.2, 0) is 9.59 Å². The number of carbonyl (C=O) groups is 2. The van der Waals surface area contributed by atoms with Gasteiger partial charge in [-0.15, -0.1) is 0 Å². The molecule has 98 valence electrons. The summed E-state index contributed by atoms with van der Waals surface area (Å²) in [6.07, 6.45) is 0.599. The highest BCUT2D eigenvalue weighted by Gasteiger charge is 2.07. The molecule has 0 spiro atoms. The zero-order chi connectivity index (χ0) is 13.7. The van der Waals surface area contributed by atoms with Crippen LogP contribution in [0.1, 0.15) is 30.4 Å². The lowest BCUT2D eigenvalue weighted by Crippen LogP contribution is -2.12. The molecule has 0 radical (unpaired) electrons. The maximum atomic E-state index is 11.6. The van der Waals surface area contributed by atoms with Crippen molar-refractivity contribution in [2.45, 2.75) is 33.1 Å². The summed E-state index contributed by atoms with van der Waals surface area (Å²) >= 11 is 3.46. The topological polar surface area (TPSA) is 66.4 Å². The Balaban J connectivity index is 2.57. The Labute approximate surface area is 115 Å². The number of aryl methyl sites for hydroxylation is 2. The Bertz CT molecular complexity index is 448. The summed E-state index contributed by atoms with van der Waals surface area (Å²) in [5.41, 5.74) is 2.85. The standard InChI is InChI=1S/C13H16BrNO3/c1-8-6-10(7-9(2)13(8)14)15-11(16)4-3-5-12(17)18/h6-7H,3-5H2,1-2H3,(H,15,16)(H,17,18). The van der Waals surface area contributed by atoms with Crippen molar-refractivity contribution in [1.29, 1.82) is 0 Å².